The summed E-state index contributed by atoms with van der Waals surface area (Å²) < 4.78 is 5.16. The molecule has 1 saturated heterocycles. The van der Waals surface area contributed by atoms with Crippen LogP contribution in [0, 0.1) is 19.8 Å². The second-order valence-corrected chi connectivity index (χ2v) is 7.34. The summed E-state index contributed by atoms with van der Waals surface area (Å²) in [7, 11) is 1.65. The van der Waals surface area contributed by atoms with Gasteiger partial charge in [0, 0.05) is 24.7 Å². The standard InChI is InChI=1S/C21H30N4O2/c1-15-20(16(2)24-23-15)10-13-25-11-8-18(9-12-25)21(26)22-14-17-4-6-19(27-3)7-5-17/h4-7,18H,8-14H2,1-3H3,(H,22,26)(H,23,24). The number of likely N-dealkylation sites (tertiary alicyclic amines) is 1. The molecule has 6 heteroatoms. The Morgan fingerprint density at radius 3 is 2.56 bits per heavy atom. The van der Waals surface area contributed by atoms with Crippen LogP contribution in [0.3, 0.4) is 0 Å². The number of aromatic nitrogens is 2. The zero-order valence-electron chi connectivity index (χ0n) is 16.5. The number of benzene rings is 1. The van der Waals surface area contributed by atoms with Crippen LogP contribution in [0.2, 0.25) is 0 Å². The summed E-state index contributed by atoms with van der Waals surface area (Å²) in [6.07, 6.45) is 2.87. The Labute approximate surface area is 161 Å². The van der Waals surface area contributed by atoms with Gasteiger partial charge in [-0.3, -0.25) is 9.89 Å². The predicted octanol–water partition coefficient (Wildman–Crippen LogP) is 2.61. The molecule has 2 heterocycles. The van der Waals surface area contributed by atoms with Gasteiger partial charge in [0.05, 0.1) is 12.8 Å². The fraction of sp³-hybridized carbons (Fsp3) is 0.524. The Balaban J connectivity index is 1.39. The third-order valence-corrected chi connectivity index (χ3v) is 5.54. The van der Waals surface area contributed by atoms with E-state index in [1.54, 1.807) is 7.11 Å². The first-order chi connectivity index (χ1) is 13.1. The van der Waals surface area contributed by atoms with E-state index in [9.17, 15) is 4.79 Å². The van der Waals surface area contributed by atoms with Gasteiger partial charge < -0.3 is 15.0 Å². The Hall–Kier alpha value is -2.34. The van der Waals surface area contributed by atoms with Crippen LogP contribution in [0.1, 0.15) is 35.4 Å². The molecule has 1 aliphatic rings. The van der Waals surface area contributed by atoms with Crippen molar-refractivity contribution in [2.75, 3.05) is 26.7 Å². The molecule has 0 aliphatic carbocycles. The number of nitrogens with zero attached hydrogens (tertiary/aromatic N) is 2. The number of hydrogen-bond acceptors (Lipinski definition) is 4. The van der Waals surface area contributed by atoms with Gasteiger partial charge in [-0.1, -0.05) is 12.1 Å². The van der Waals surface area contributed by atoms with Gasteiger partial charge in [-0.15, -0.1) is 0 Å². The first-order valence-electron chi connectivity index (χ1n) is 9.70. The maximum atomic E-state index is 12.5. The van der Waals surface area contributed by atoms with Crippen molar-refractivity contribution < 1.29 is 9.53 Å². The number of aromatic amines is 1. The van der Waals surface area contributed by atoms with Crippen molar-refractivity contribution in [1.29, 1.82) is 0 Å². The zero-order chi connectivity index (χ0) is 19.2. The molecule has 0 unspecified atom stereocenters. The highest BCUT2D eigenvalue weighted by Gasteiger charge is 2.24. The molecule has 0 atom stereocenters. The maximum absolute atomic E-state index is 12.5. The van der Waals surface area contributed by atoms with E-state index < -0.39 is 0 Å². The number of carbonyl (C=O) groups excluding carboxylic acids is 1. The largest absolute Gasteiger partial charge is 0.497 e. The van der Waals surface area contributed by atoms with E-state index in [1.807, 2.05) is 24.3 Å². The van der Waals surface area contributed by atoms with Crippen LogP contribution in [0.4, 0.5) is 0 Å². The molecular formula is C21H30N4O2. The quantitative estimate of drug-likeness (QED) is 0.786. The fourth-order valence-electron chi connectivity index (χ4n) is 3.71. The Morgan fingerprint density at radius 2 is 1.96 bits per heavy atom. The molecule has 27 heavy (non-hydrogen) atoms. The summed E-state index contributed by atoms with van der Waals surface area (Å²) in [4.78, 5) is 14.9. The van der Waals surface area contributed by atoms with Gasteiger partial charge in [0.15, 0.2) is 0 Å². The molecule has 1 aromatic heterocycles. The number of carbonyl (C=O) groups is 1. The smallest absolute Gasteiger partial charge is 0.223 e. The summed E-state index contributed by atoms with van der Waals surface area (Å²) in [5.74, 6) is 1.13. The fourth-order valence-corrected chi connectivity index (χ4v) is 3.71. The van der Waals surface area contributed by atoms with E-state index in [0.29, 0.717) is 6.54 Å². The van der Waals surface area contributed by atoms with E-state index in [1.165, 1.54) is 11.3 Å². The number of H-pyrrole nitrogens is 1. The van der Waals surface area contributed by atoms with Crippen LogP contribution in [0.25, 0.3) is 0 Å². The van der Waals surface area contributed by atoms with Crippen LogP contribution in [-0.2, 0) is 17.8 Å². The van der Waals surface area contributed by atoms with Crippen molar-refractivity contribution in [3.8, 4) is 5.75 Å². The summed E-state index contributed by atoms with van der Waals surface area (Å²) in [5, 5.41) is 10.4. The average molecular weight is 370 g/mol. The van der Waals surface area contributed by atoms with E-state index in [2.05, 4.69) is 34.3 Å². The minimum absolute atomic E-state index is 0.122. The Bertz CT molecular complexity index is 727. The molecule has 146 valence electrons. The minimum Gasteiger partial charge on any atom is -0.497 e. The number of methoxy groups -OCH3 is 1. The summed E-state index contributed by atoms with van der Waals surface area (Å²) in [5.41, 5.74) is 4.68. The number of hydrogen-bond donors (Lipinski definition) is 2. The van der Waals surface area contributed by atoms with Gasteiger partial charge >= 0.3 is 0 Å². The zero-order valence-corrected chi connectivity index (χ0v) is 16.5. The highest BCUT2D eigenvalue weighted by atomic mass is 16.5. The van der Waals surface area contributed by atoms with Gasteiger partial charge in [0.1, 0.15) is 5.75 Å². The lowest BCUT2D eigenvalue weighted by molar-refractivity contribution is -0.126. The van der Waals surface area contributed by atoms with E-state index >= 15 is 0 Å². The third-order valence-electron chi connectivity index (χ3n) is 5.54. The lowest BCUT2D eigenvalue weighted by atomic mass is 9.95. The van der Waals surface area contributed by atoms with Gasteiger partial charge in [0.25, 0.3) is 0 Å². The first kappa shape index (κ1) is 19.4. The number of ether oxygens (including phenoxy) is 1. The molecule has 1 fully saturated rings. The molecule has 2 N–H and O–H groups in total. The van der Waals surface area contributed by atoms with Crippen molar-refractivity contribution in [3.63, 3.8) is 0 Å². The predicted molar refractivity (Wildman–Crippen MR) is 106 cm³/mol. The molecule has 1 aromatic carbocycles. The van der Waals surface area contributed by atoms with Gasteiger partial charge in [0.2, 0.25) is 5.91 Å². The second kappa shape index (κ2) is 9.04. The van der Waals surface area contributed by atoms with Crippen LogP contribution in [0.5, 0.6) is 5.75 Å². The van der Waals surface area contributed by atoms with Crippen LogP contribution in [-0.4, -0.2) is 47.7 Å². The normalized spacial score (nSPS) is 15.7. The van der Waals surface area contributed by atoms with E-state index in [4.69, 9.17) is 4.74 Å². The monoisotopic (exact) mass is 370 g/mol. The summed E-state index contributed by atoms with van der Waals surface area (Å²) in [6.45, 7) is 7.70. The lowest BCUT2D eigenvalue weighted by Gasteiger charge is -2.31. The van der Waals surface area contributed by atoms with Crippen LogP contribution >= 0.6 is 0 Å². The SMILES string of the molecule is COc1ccc(CNC(=O)C2CCN(CCc3c(C)n[nH]c3C)CC2)cc1. The van der Waals surface area contributed by atoms with Crippen LogP contribution in [0.15, 0.2) is 24.3 Å². The summed E-state index contributed by atoms with van der Waals surface area (Å²) >= 11 is 0. The van der Waals surface area contributed by atoms with Crippen molar-refractivity contribution in [3.05, 3.63) is 46.8 Å². The average Bonchev–Trinajstić information content (AvgIpc) is 3.03. The number of amides is 1. The second-order valence-electron chi connectivity index (χ2n) is 7.34. The first-order valence-corrected chi connectivity index (χ1v) is 9.70. The number of rotatable bonds is 7. The number of aryl methyl sites for hydroxylation is 2. The van der Waals surface area contributed by atoms with Crippen LogP contribution < -0.4 is 10.1 Å². The number of piperidine rings is 1. The number of nitrogens with one attached hydrogen (secondary N) is 2. The van der Waals surface area contributed by atoms with E-state index in [0.717, 1.165) is 55.9 Å². The topological polar surface area (TPSA) is 70.2 Å². The maximum Gasteiger partial charge on any atom is 0.223 e. The molecule has 6 nitrogen and oxygen atoms in total. The Morgan fingerprint density at radius 1 is 1.26 bits per heavy atom. The summed E-state index contributed by atoms with van der Waals surface area (Å²) in [6, 6.07) is 7.82. The highest BCUT2D eigenvalue weighted by Crippen LogP contribution is 2.19. The van der Waals surface area contributed by atoms with Crippen molar-refractivity contribution in [2.24, 2.45) is 5.92 Å². The van der Waals surface area contributed by atoms with Gasteiger partial charge in [-0.2, -0.15) is 5.10 Å². The molecule has 0 bridgehead atoms. The van der Waals surface area contributed by atoms with Crippen molar-refractivity contribution in [2.45, 2.75) is 39.7 Å². The van der Waals surface area contributed by atoms with Gasteiger partial charge in [-0.25, -0.2) is 0 Å². The third kappa shape index (κ3) is 5.10. The Kier molecular flexibility index (Phi) is 6.50. The minimum atomic E-state index is 0.122. The van der Waals surface area contributed by atoms with Crippen molar-refractivity contribution in [1.82, 2.24) is 20.4 Å². The van der Waals surface area contributed by atoms with Crippen molar-refractivity contribution >= 4 is 5.91 Å². The molecule has 1 aliphatic heterocycles. The molecule has 0 spiro atoms. The van der Waals surface area contributed by atoms with Gasteiger partial charge in [-0.05, 0) is 69.5 Å². The van der Waals surface area contributed by atoms with E-state index in [-0.39, 0.29) is 11.8 Å². The highest BCUT2D eigenvalue weighted by molar-refractivity contribution is 5.78. The molecule has 3 rings (SSSR count). The molecular weight excluding hydrogens is 340 g/mol. The lowest BCUT2D eigenvalue weighted by Crippen LogP contribution is -2.41. The molecule has 1 amide bonds. The molecule has 0 radical (unpaired) electrons. The molecule has 2 aromatic rings. The molecule has 0 saturated carbocycles.